The molecule has 0 saturated carbocycles. The molecule has 3 N–H and O–H groups in total. The zero-order chi connectivity index (χ0) is 19.3. The third-order valence-electron chi connectivity index (χ3n) is 4.99. The number of hydrogen-bond donors (Lipinski definition) is 2. The van der Waals surface area contributed by atoms with E-state index in [1.165, 1.54) is 0 Å². The Morgan fingerprint density at radius 2 is 2.18 bits per heavy atom. The van der Waals surface area contributed by atoms with Crippen LogP contribution in [0, 0.1) is 11.3 Å². The fourth-order valence-electron chi connectivity index (χ4n) is 3.55. The summed E-state index contributed by atoms with van der Waals surface area (Å²) < 4.78 is 1.68. The minimum atomic E-state index is -0.280. The van der Waals surface area contributed by atoms with Crippen LogP contribution < -0.4 is 16.2 Å². The van der Waals surface area contributed by atoms with Crippen LogP contribution in [0.3, 0.4) is 0 Å². The van der Waals surface area contributed by atoms with Gasteiger partial charge in [0.2, 0.25) is 0 Å². The van der Waals surface area contributed by atoms with Crippen molar-refractivity contribution >= 4 is 22.5 Å². The SMILES string of the molecule is N#Cc1ccn2ncc(-c3ccc4nc(N5CCC(N)C5)c(=O)[nH]c4n3)c2c1. The Kier molecular flexibility index (Phi) is 3.60. The smallest absolute Gasteiger partial charge is 0.292 e. The molecule has 138 valence electrons. The normalized spacial score (nSPS) is 16.7. The van der Waals surface area contributed by atoms with E-state index in [9.17, 15) is 4.79 Å². The number of pyridine rings is 2. The van der Waals surface area contributed by atoms with Crippen LogP contribution in [0.15, 0.2) is 41.5 Å². The zero-order valence-corrected chi connectivity index (χ0v) is 14.8. The Morgan fingerprint density at radius 3 is 2.96 bits per heavy atom. The summed E-state index contributed by atoms with van der Waals surface area (Å²) in [6.07, 6.45) is 4.26. The summed E-state index contributed by atoms with van der Waals surface area (Å²) in [5.41, 5.74) is 9.40. The number of fused-ring (bicyclic) bond motifs is 2. The molecule has 0 amide bonds. The molecule has 28 heavy (non-hydrogen) atoms. The third-order valence-corrected chi connectivity index (χ3v) is 4.99. The number of rotatable bonds is 2. The van der Waals surface area contributed by atoms with Crippen molar-refractivity contribution < 1.29 is 0 Å². The molecule has 1 fully saturated rings. The van der Waals surface area contributed by atoms with Gasteiger partial charge >= 0.3 is 0 Å². The van der Waals surface area contributed by atoms with E-state index >= 15 is 0 Å². The van der Waals surface area contributed by atoms with Gasteiger partial charge in [-0.15, -0.1) is 0 Å². The van der Waals surface area contributed by atoms with Gasteiger partial charge in [0.15, 0.2) is 11.5 Å². The van der Waals surface area contributed by atoms with E-state index in [0.717, 1.165) is 24.0 Å². The number of H-pyrrole nitrogens is 1. The van der Waals surface area contributed by atoms with Crippen molar-refractivity contribution in [1.82, 2.24) is 24.6 Å². The number of nitrogens with two attached hydrogens (primary N) is 1. The number of aromatic nitrogens is 5. The lowest BCUT2D eigenvalue weighted by Gasteiger charge is -2.15. The molecule has 5 rings (SSSR count). The van der Waals surface area contributed by atoms with E-state index in [-0.39, 0.29) is 11.6 Å². The second-order valence-corrected chi connectivity index (χ2v) is 6.86. The quantitative estimate of drug-likeness (QED) is 0.538. The van der Waals surface area contributed by atoms with Gasteiger partial charge in [0.05, 0.1) is 29.0 Å². The van der Waals surface area contributed by atoms with Crippen LogP contribution in [-0.4, -0.2) is 43.7 Å². The molecule has 4 aromatic heterocycles. The van der Waals surface area contributed by atoms with Crippen LogP contribution in [0.2, 0.25) is 0 Å². The van der Waals surface area contributed by atoms with Crippen LogP contribution in [-0.2, 0) is 0 Å². The van der Waals surface area contributed by atoms with Crippen LogP contribution in [0.5, 0.6) is 0 Å². The summed E-state index contributed by atoms with van der Waals surface area (Å²) in [5, 5.41) is 13.4. The highest BCUT2D eigenvalue weighted by Crippen LogP contribution is 2.25. The molecule has 1 atom stereocenters. The van der Waals surface area contributed by atoms with Crippen molar-refractivity contribution in [3.63, 3.8) is 0 Å². The van der Waals surface area contributed by atoms with Gasteiger partial charge in [-0.3, -0.25) is 4.79 Å². The number of aromatic amines is 1. The van der Waals surface area contributed by atoms with Crippen molar-refractivity contribution in [3.8, 4) is 17.3 Å². The minimum absolute atomic E-state index is 0.0614. The van der Waals surface area contributed by atoms with Crippen LogP contribution in [0.4, 0.5) is 5.82 Å². The molecule has 9 nitrogen and oxygen atoms in total. The second kappa shape index (κ2) is 6.14. The number of anilines is 1. The standard InChI is InChI=1S/C19H16N8O/c20-8-11-3-6-27-16(7-11)13(9-22-27)14-1-2-15-17(23-14)25-19(28)18(24-15)26-5-4-12(21)10-26/h1-3,6-7,9,12H,4-5,10,21H2,(H,23,25,28). The van der Waals surface area contributed by atoms with E-state index in [2.05, 4.69) is 26.1 Å². The maximum atomic E-state index is 12.5. The Hall–Kier alpha value is -3.77. The van der Waals surface area contributed by atoms with Gasteiger partial charge in [-0.25, -0.2) is 14.5 Å². The molecule has 1 unspecified atom stereocenters. The van der Waals surface area contributed by atoms with Crippen molar-refractivity contribution in [2.45, 2.75) is 12.5 Å². The molecule has 1 aliphatic heterocycles. The highest BCUT2D eigenvalue weighted by molar-refractivity contribution is 5.82. The molecule has 0 aliphatic carbocycles. The highest BCUT2D eigenvalue weighted by Gasteiger charge is 2.23. The van der Waals surface area contributed by atoms with Crippen molar-refractivity contribution in [2.75, 3.05) is 18.0 Å². The molecule has 0 bridgehead atoms. The van der Waals surface area contributed by atoms with E-state index < -0.39 is 0 Å². The molecule has 1 saturated heterocycles. The lowest BCUT2D eigenvalue weighted by atomic mass is 10.1. The molecular weight excluding hydrogens is 356 g/mol. The maximum Gasteiger partial charge on any atom is 0.292 e. The van der Waals surface area contributed by atoms with Gasteiger partial charge < -0.3 is 15.6 Å². The molecule has 1 aliphatic rings. The Balaban J connectivity index is 1.61. The second-order valence-electron chi connectivity index (χ2n) is 6.86. The monoisotopic (exact) mass is 372 g/mol. The fourth-order valence-corrected chi connectivity index (χ4v) is 3.55. The minimum Gasteiger partial charge on any atom is -0.350 e. The van der Waals surface area contributed by atoms with Gasteiger partial charge in [-0.05, 0) is 30.7 Å². The number of hydrogen-bond acceptors (Lipinski definition) is 7. The molecule has 0 spiro atoms. The van der Waals surface area contributed by atoms with Crippen LogP contribution in [0.1, 0.15) is 12.0 Å². The van der Waals surface area contributed by atoms with E-state index in [0.29, 0.717) is 34.8 Å². The summed E-state index contributed by atoms with van der Waals surface area (Å²) >= 11 is 0. The lowest BCUT2D eigenvalue weighted by Crippen LogP contribution is -2.31. The topological polar surface area (TPSA) is 129 Å². The zero-order valence-electron chi connectivity index (χ0n) is 14.8. The number of nitrogens with one attached hydrogen (secondary N) is 1. The highest BCUT2D eigenvalue weighted by atomic mass is 16.1. The van der Waals surface area contributed by atoms with Gasteiger partial charge in [0.1, 0.15) is 5.52 Å². The summed E-state index contributed by atoms with van der Waals surface area (Å²) in [4.78, 5) is 26.3. The predicted molar refractivity (Wildman–Crippen MR) is 104 cm³/mol. The lowest BCUT2D eigenvalue weighted by molar-refractivity contribution is 0.751. The van der Waals surface area contributed by atoms with E-state index in [4.69, 9.17) is 11.0 Å². The predicted octanol–water partition coefficient (Wildman–Crippen LogP) is 1.04. The van der Waals surface area contributed by atoms with Crippen molar-refractivity contribution in [2.24, 2.45) is 5.73 Å². The first-order valence-electron chi connectivity index (χ1n) is 8.92. The van der Waals surface area contributed by atoms with Gasteiger partial charge in [0, 0.05) is 30.9 Å². The van der Waals surface area contributed by atoms with E-state index in [1.807, 2.05) is 17.0 Å². The summed E-state index contributed by atoms with van der Waals surface area (Å²) in [5.74, 6) is 0.379. The number of nitrogens with zero attached hydrogens (tertiary/aromatic N) is 6. The average Bonchev–Trinajstić information content (AvgIpc) is 3.32. The van der Waals surface area contributed by atoms with Gasteiger partial charge in [0.25, 0.3) is 5.56 Å². The molecule has 5 heterocycles. The summed E-state index contributed by atoms with van der Waals surface area (Å²) in [7, 11) is 0. The first-order valence-corrected chi connectivity index (χ1v) is 8.92. The van der Waals surface area contributed by atoms with E-state index in [1.54, 1.807) is 29.0 Å². The van der Waals surface area contributed by atoms with Crippen LogP contribution in [0.25, 0.3) is 27.9 Å². The van der Waals surface area contributed by atoms with Crippen molar-refractivity contribution in [3.05, 3.63) is 52.6 Å². The fraction of sp³-hybridized carbons (Fsp3) is 0.211. The first-order chi connectivity index (χ1) is 13.6. The average molecular weight is 372 g/mol. The molecular formula is C19H16N8O. The summed E-state index contributed by atoms with van der Waals surface area (Å²) in [6, 6.07) is 9.31. The Bertz CT molecular complexity index is 1320. The molecule has 0 radical (unpaired) electrons. The number of nitriles is 1. The van der Waals surface area contributed by atoms with Crippen molar-refractivity contribution in [1.29, 1.82) is 5.26 Å². The molecule has 9 heteroatoms. The van der Waals surface area contributed by atoms with Crippen LogP contribution >= 0.6 is 0 Å². The maximum absolute atomic E-state index is 12.5. The first kappa shape index (κ1) is 16.4. The Morgan fingerprint density at radius 1 is 1.29 bits per heavy atom. The largest absolute Gasteiger partial charge is 0.350 e. The molecule has 0 aromatic carbocycles. The van der Waals surface area contributed by atoms with Gasteiger partial charge in [-0.2, -0.15) is 10.4 Å². The third kappa shape index (κ3) is 2.59. The van der Waals surface area contributed by atoms with Gasteiger partial charge in [-0.1, -0.05) is 0 Å². The Labute approximate surface area is 159 Å². The molecule has 4 aromatic rings. The summed E-state index contributed by atoms with van der Waals surface area (Å²) in [6.45, 7) is 1.34.